The zero-order valence-corrected chi connectivity index (χ0v) is 19.9. The molecule has 3 aromatic carbocycles. The monoisotopic (exact) mass is 582 g/mol. The van der Waals surface area contributed by atoms with Crippen LogP contribution >= 0.6 is 34.7 Å². The summed E-state index contributed by atoms with van der Waals surface area (Å²) in [5.41, 5.74) is 0. The Balaban J connectivity index is 0.00000101. The third kappa shape index (κ3) is 9.22. The van der Waals surface area contributed by atoms with Gasteiger partial charge in [0.15, 0.2) is 0 Å². The molecule has 0 amide bonds. The van der Waals surface area contributed by atoms with Gasteiger partial charge in [-0.3, -0.25) is 4.89 Å². The van der Waals surface area contributed by atoms with Crippen molar-refractivity contribution >= 4 is 34.7 Å². The van der Waals surface area contributed by atoms with Gasteiger partial charge < -0.3 is 13.6 Å². The molecule has 3 aromatic rings. The maximum atomic E-state index is 13.1. The summed E-state index contributed by atoms with van der Waals surface area (Å²) >= 11 is -0.106. The Labute approximate surface area is 190 Å². The fraction of sp³-hybridized carbons (Fsp3) is 0. The molecular weight excluding hydrogens is 567 g/mol. The average molecular weight is 584 g/mol. The molecule has 7 nitrogen and oxygen atoms in total. The second-order valence-electron chi connectivity index (χ2n) is 5.26. The van der Waals surface area contributed by atoms with Gasteiger partial charge in [0.25, 0.3) is 0 Å². The zero-order chi connectivity index (χ0) is 21.9. The summed E-state index contributed by atoms with van der Waals surface area (Å²) < 4.78 is 45.8. The molecule has 0 heterocycles. The van der Waals surface area contributed by atoms with Crippen LogP contribution in [0.5, 0.6) is 17.2 Å². The third-order valence-electron chi connectivity index (χ3n) is 3.09. The van der Waals surface area contributed by atoms with Crippen molar-refractivity contribution in [2.24, 2.45) is 0 Å². The Morgan fingerprint density at radius 2 is 0.933 bits per heavy atom. The predicted octanol–water partition coefficient (Wildman–Crippen LogP) is 6.83. The summed E-state index contributed by atoms with van der Waals surface area (Å²) in [5, 5.41) is 0. The molecule has 0 saturated heterocycles. The Hall–Kier alpha value is -1.32. The molecule has 0 fully saturated rings. The first-order chi connectivity index (χ1) is 14.4. The number of benzene rings is 3. The molecule has 0 saturated carbocycles. The number of phosphoric acid groups is 2. The van der Waals surface area contributed by atoms with E-state index in [-0.39, 0.29) is 33.2 Å². The van der Waals surface area contributed by atoms with E-state index in [1.165, 1.54) is 36.4 Å². The van der Waals surface area contributed by atoms with Crippen LogP contribution in [0.1, 0.15) is 0 Å². The van der Waals surface area contributed by atoms with E-state index in [1.807, 2.05) is 0 Å². The van der Waals surface area contributed by atoms with Crippen LogP contribution in [0.25, 0.3) is 0 Å². The molecule has 0 aliphatic rings. The van der Waals surface area contributed by atoms with Gasteiger partial charge in [-0.1, -0.05) is 54.6 Å². The predicted molar refractivity (Wildman–Crippen MR) is 111 cm³/mol. The normalized spacial score (nSPS) is 12.8. The van der Waals surface area contributed by atoms with Crippen LogP contribution in [-0.2, 0) is 29.4 Å². The van der Waals surface area contributed by atoms with Crippen molar-refractivity contribution in [1.29, 1.82) is 0 Å². The van der Waals surface area contributed by atoms with Gasteiger partial charge in [0.1, 0.15) is 17.2 Å². The third-order valence-corrected chi connectivity index (χ3v) is 6.02. The topological polar surface area (TPSA) is 91.3 Å². The van der Waals surface area contributed by atoms with Crippen molar-refractivity contribution in [2.75, 3.05) is 0 Å². The Bertz CT molecular complexity index is 936. The minimum atomic E-state index is -4.82. The molecule has 0 radical (unpaired) electrons. The molecule has 0 aliphatic carbocycles. The molecule has 0 bridgehead atoms. The fourth-order valence-corrected chi connectivity index (χ4v) is 4.63. The van der Waals surface area contributed by atoms with Crippen molar-refractivity contribution in [3.8, 4) is 17.2 Å². The zero-order valence-electron chi connectivity index (χ0n) is 15.0. The molecule has 3 rings (SSSR count). The molecule has 0 aromatic heterocycles. The standard InChI is InChI=1S/C18H16O7P2.2ClH.Pd/c19-26(20,22-16-10-4-1-5-11-16)25-27(21,23-17-12-6-2-7-13-17)24-18-14-8-3-9-15-18;;;/h1-15H,(H,19,20);2*1H;/q;;;+2/p-2. The summed E-state index contributed by atoms with van der Waals surface area (Å²) in [7, 11) is 0.245. The average Bonchev–Trinajstić information content (AvgIpc) is 2.69. The van der Waals surface area contributed by atoms with Crippen LogP contribution in [0.2, 0.25) is 0 Å². The van der Waals surface area contributed by atoms with Crippen LogP contribution in [0.15, 0.2) is 91.0 Å². The summed E-state index contributed by atoms with van der Waals surface area (Å²) in [6, 6.07) is 23.9. The van der Waals surface area contributed by atoms with Crippen molar-refractivity contribution in [2.45, 2.75) is 0 Å². The SMILES string of the molecule is O=P(O)(Oc1ccccc1)OP(=O)(Oc1ccccc1)Oc1ccccc1.[Cl][Pd][Cl]. The van der Waals surface area contributed by atoms with E-state index in [9.17, 15) is 14.0 Å². The van der Waals surface area contributed by atoms with E-state index in [2.05, 4.69) is 0 Å². The van der Waals surface area contributed by atoms with Gasteiger partial charge in [0.05, 0.1) is 0 Å². The molecule has 0 aliphatic heterocycles. The maximum absolute atomic E-state index is 13.1. The Morgan fingerprint density at radius 1 is 0.633 bits per heavy atom. The number of halogens is 2. The molecule has 30 heavy (non-hydrogen) atoms. The van der Waals surface area contributed by atoms with E-state index in [4.69, 9.17) is 36.9 Å². The molecule has 1 unspecified atom stereocenters. The number of phosphoric ester groups is 2. The van der Waals surface area contributed by atoms with Crippen LogP contribution in [0.3, 0.4) is 0 Å². The summed E-state index contributed by atoms with van der Waals surface area (Å²) in [4.78, 5) is 10.0. The Morgan fingerprint density at radius 3 is 1.27 bits per heavy atom. The van der Waals surface area contributed by atoms with E-state index in [0.29, 0.717) is 0 Å². The summed E-state index contributed by atoms with van der Waals surface area (Å²) in [5.74, 6) is 0.335. The molecule has 1 N–H and O–H groups in total. The quantitative estimate of drug-likeness (QED) is 0.230. The van der Waals surface area contributed by atoms with Crippen molar-refractivity contribution in [3.05, 3.63) is 91.0 Å². The molecule has 164 valence electrons. The van der Waals surface area contributed by atoms with Crippen molar-refractivity contribution < 1.29 is 47.8 Å². The molecular formula is C18H16Cl2O7P2Pd. The number of hydrogen-bond donors (Lipinski definition) is 1. The van der Waals surface area contributed by atoms with Gasteiger partial charge in [-0.25, -0.2) is 9.13 Å². The Kier molecular flexibility index (Phi) is 10.4. The van der Waals surface area contributed by atoms with E-state index < -0.39 is 15.6 Å². The van der Waals surface area contributed by atoms with Gasteiger partial charge in [0, 0.05) is 0 Å². The van der Waals surface area contributed by atoms with Crippen molar-refractivity contribution in [1.82, 2.24) is 0 Å². The fourth-order valence-electron chi connectivity index (χ4n) is 2.03. The van der Waals surface area contributed by atoms with Gasteiger partial charge in [0.2, 0.25) is 0 Å². The molecule has 12 heteroatoms. The second-order valence-corrected chi connectivity index (χ2v) is 10.6. The minimum absolute atomic E-state index is 0.0642. The number of rotatable bonds is 8. The first-order valence-corrected chi connectivity index (χ1v) is 15.0. The van der Waals surface area contributed by atoms with Crippen LogP contribution < -0.4 is 13.6 Å². The summed E-state index contributed by atoms with van der Waals surface area (Å²) in [6.07, 6.45) is 0. The van der Waals surface area contributed by atoms with Crippen LogP contribution in [0, 0.1) is 0 Å². The number of para-hydroxylation sites is 3. The van der Waals surface area contributed by atoms with Gasteiger partial charge >= 0.3 is 50.6 Å². The van der Waals surface area contributed by atoms with Crippen LogP contribution in [-0.4, -0.2) is 4.89 Å². The van der Waals surface area contributed by atoms with Gasteiger partial charge in [-0.05, 0) is 36.4 Å². The van der Waals surface area contributed by atoms with E-state index in [0.717, 1.165) is 0 Å². The van der Waals surface area contributed by atoms with Crippen LogP contribution in [0.4, 0.5) is 0 Å². The number of hydrogen-bond acceptors (Lipinski definition) is 6. The molecule has 1 atom stereocenters. The van der Waals surface area contributed by atoms with Gasteiger partial charge in [-0.15, -0.1) is 0 Å². The van der Waals surface area contributed by atoms with E-state index >= 15 is 0 Å². The van der Waals surface area contributed by atoms with E-state index in [1.54, 1.807) is 54.6 Å². The first-order valence-electron chi connectivity index (χ1n) is 8.06. The first kappa shape index (κ1) is 24.9. The molecule has 0 spiro atoms. The van der Waals surface area contributed by atoms with Crippen molar-refractivity contribution in [3.63, 3.8) is 0 Å². The summed E-state index contributed by atoms with van der Waals surface area (Å²) in [6.45, 7) is 0. The second kappa shape index (κ2) is 12.5. The van der Waals surface area contributed by atoms with Gasteiger partial charge in [-0.2, -0.15) is 4.31 Å².